The number of para-hydroxylation sites is 1. The summed E-state index contributed by atoms with van der Waals surface area (Å²) in [4.78, 5) is 15.0. The number of hydrazine groups is 1. The van der Waals surface area contributed by atoms with Crippen LogP contribution < -0.4 is 5.43 Å². The van der Waals surface area contributed by atoms with Gasteiger partial charge in [0.15, 0.2) is 0 Å². The van der Waals surface area contributed by atoms with Gasteiger partial charge in [-0.05, 0) is 31.4 Å². The van der Waals surface area contributed by atoms with E-state index in [0.717, 1.165) is 12.8 Å². The molecule has 0 aliphatic carbocycles. The Balaban J connectivity index is 1.98. The van der Waals surface area contributed by atoms with Gasteiger partial charge in [-0.2, -0.15) is 0 Å². The zero-order chi connectivity index (χ0) is 13.8. The van der Waals surface area contributed by atoms with Crippen molar-refractivity contribution < 1.29 is 4.79 Å². The highest BCUT2D eigenvalue weighted by atomic mass is 16.2. The summed E-state index contributed by atoms with van der Waals surface area (Å²) in [6.45, 7) is 2.09. The third-order valence-electron chi connectivity index (χ3n) is 3.21. The van der Waals surface area contributed by atoms with Crippen LogP contribution in [0.4, 0.5) is 0 Å². The standard InChI is InChI=1S/C15H21N3O/c1-11-12(8-6-10-15(19)17-18(2)3)13-7-4-5-9-14(13)16-11/h4-5,7,9,16H,6,8,10H2,1-3H3,(H,17,19). The monoisotopic (exact) mass is 259 g/mol. The number of carbonyl (C=O) groups excluding carboxylic acids is 1. The van der Waals surface area contributed by atoms with E-state index in [9.17, 15) is 4.79 Å². The molecule has 0 radical (unpaired) electrons. The van der Waals surface area contributed by atoms with Crippen molar-refractivity contribution in [2.75, 3.05) is 14.1 Å². The zero-order valence-corrected chi connectivity index (χ0v) is 11.8. The van der Waals surface area contributed by atoms with E-state index >= 15 is 0 Å². The fourth-order valence-electron chi connectivity index (χ4n) is 2.39. The lowest BCUT2D eigenvalue weighted by Crippen LogP contribution is -2.35. The van der Waals surface area contributed by atoms with E-state index in [0.29, 0.717) is 6.42 Å². The van der Waals surface area contributed by atoms with Gasteiger partial charge in [0.2, 0.25) is 5.91 Å². The van der Waals surface area contributed by atoms with Crippen LogP contribution in [0, 0.1) is 6.92 Å². The SMILES string of the molecule is Cc1[nH]c2ccccc2c1CCCC(=O)NN(C)C. The number of amides is 1. The first kappa shape index (κ1) is 13.6. The highest BCUT2D eigenvalue weighted by molar-refractivity contribution is 5.84. The van der Waals surface area contributed by atoms with Crippen LogP contribution in [0.3, 0.4) is 0 Å². The van der Waals surface area contributed by atoms with Crippen molar-refractivity contribution in [2.24, 2.45) is 0 Å². The van der Waals surface area contributed by atoms with E-state index in [4.69, 9.17) is 0 Å². The number of aryl methyl sites for hydroxylation is 2. The molecule has 0 saturated carbocycles. The quantitative estimate of drug-likeness (QED) is 0.810. The molecule has 0 atom stereocenters. The van der Waals surface area contributed by atoms with Crippen molar-refractivity contribution >= 4 is 16.8 Å². The van der Waals surface area contributed by atoms with Crippen molar-refractivity contribution in [3.63, 3.8) is 0 Å². The Kier molecular flexibility index (Phi) is 4.22. The second kappa shape index (κ2) is 5.89. The Morgan fingerprint density at radius 1 is 1.32 bits per heavy atom. The maximum absolute atomic E-state index is 11.6. The summed E-state index contributed by atoms with van der Waals surface area (Å²) in [6, 6.07) is 8.31. The lowest BCUT2D eigenvalue weighted by molar-refractivity contribution is -0.124. The number of benzene rings is 1. The molecular weight excluding hydrogens is 238 g/mol. The van der Waals surface area contributed by atoms with Gasteiger partial charge in [-0.15, -0.1) is 0 Å². The van der Waals surface area contributed by atoms with Gasteiger partial charge in [-0.25, -0.2) is 5.01 Å². The molecule has 0 saturated heterocycles. The lowest BCUT2D eigenvalue weighted by Gasteiger charge is -2.11. The number of fused-ring (bicyclic) bond motifs is 1. The molecule has 2 N–H and O–H groups in total. The summed E-state index contributed by atoms with van der Waals surface area (Å²) in [7, 11) is 3.64. The van der Waals surface area contributed by atoms with Crippen LogP contribution in [0.15, 0.2) is 24.3 Å². The number of H-pyrrole nitrogens is 1. The normalized spacial score (nSPS) is 11.2. The number of carbonyl (C=O) groups is 1. The molecular formula is C15H21N3O. The number of aromatic amines is 1. The number of aromatic nitrogens is 1. The van der Waals surface area contributed by atoms with Gasteiger partial charge >= 0.3 is 0 Å². The molecule has 102 valence electrons. The Morgan fingerprint density at radius 3 is 2.79 bits per heavy atom. The molecule has 0 spiro atoms. The smallest absolute Gasteiger partial charge is 0.234 e. The van der Waals surface area contributed by atoms with Gasteiger partial charge < -0.3 is 4.98 Å². The number of rotatable bonds is 5. The summed E-state index contributed by atoms with van der Waals surface area (Å²) >= 11 is 0. The molecule has 1 aromatic heterocycles. The largest absolute Gasteiger partial charge is 0.358 e. The van der Waals surface area contributed by atoms with Gasteiger partial charge in [-0.1, -0.05) is 18.2 Å². The Morgan fingerprint density at radius 2 is 2.05 bits per heavy atom. The van der Waals surface area contributed by atoms with E-state index in [1.165, 1.54) is 22.2 Å². The maximum atomic E-state index is 11.6. The summed E-state index contributed by atoms with van der Waals surface area (Å²) in [5.74, 6) is 0.0718. The zero-order valence-electron chi connectivity index (χ0n) is 11.8. The first-order valence-electron chi connectivity index (χ1n) is 6.61. The molecule has 19 heavy (non-hydrogen) atoms. The summed E-state index contributed by atoms with van der Waals surface area (Å²) in [5, 5.41) is 2.95. The molecule has 4 nitrogen and oxygen atoms in total. The Labute approximate surface area is 113 Å². The van der Waals surface area contributed by atoms with Gasteiger partial charge in [0, 0.05) is 37.1 Å². The fraction of sp³-hybridized carbons (Fsp3) is 0.400. The first-order chi connectivity index (χ1) is 9.08. The van der Waals surface area contributed by atoms with E-state index in [-0.39, 0.29) is 5.91 Å². The van der Waals surface area contributed by atoms with Gasteiger partial charge in [0.25, 0.3) is 0 Å². The topological polar surface area (TPSA) is 48.1 Å². The van der Waals surface area contributed by atoms with Crippen LogP contribution in [0.1, 0.15) is 24.1 Å². The first-order valence-corrected chi connectivity index (χ1v) is 6.61. The maximum Gasteiger partial charge on any atom is 0.234 e. The molecule has 0 unspecified atom stereocenters. The average Bonchev–Trinajstić information content (AvgIpc) is 2.65. The minimum atomic E-state index is 0.0718. The molecule has 0 bridgehead atoms. The third kappa shape index (κ3) is 3.35. The van der Waals surface area contributed by atoms with Crippen molar-refractivity contribution in [1.29, 1.82) is 0 Å². The van der Waals surface area contributed by atoms with Crippen LogP contribution >= 0.6 is 0 Å². The van der Waals surface area contributed by atoms with Crippen LogP contribution in [0.25, 0.3) is 10.9 Å². The number of hydrogen-bond acceptors (Lipinski definition) is 2. The van der Waals surface area contributed by atoms with Crippen LogP contribution in [0.5, 0.6) is 0 Å². The second-order valence-electron chi connectivity index (χ2n) is 5.06. The molecule has 0 fully saturated rings. The summed E-state index contributed by atoms with van der Waals surface area (Å²) < 4.78 is 0. The number of hydrogen-bond donors (Lipinski definition) is 2. The summed E-state index contributed by atoms with van der Waals surface area (Å²) in [6.07, 6.45) is 2.34. The Bertz CT molecular complexity index is 572. The van der Waals surface area contributed by atoms with Gasteiger partial charge in [0.1, 0.15) is 0 Å². The summed E-state index contributed by atoms with van der Waals surface area (Å²) in [5.41, 5.74) is 6.47. The van der Waals surface area contributed by atoms with Gasteiger partial charge in [-0.3, -0.25) is 10.2 Å². The fourth-order valence-corrected chi connectivity index (χ4v) is 2.39. The number of nitrogens with one attached hydrogen (secondary N) is 2. The third-order valence-corrected chi connectivity index (χ3v) is 3.21. The minimum Gasteiger partial charge on any atom is -0.358 e. The predicted molar refractivity (Wildman–Crippen MR) is 77.8 cm³/mol. The highest BCUT2D eigenvalue weighted by Gasteiger charge is 2.09. The molecule has 0 aliphatic rings. The van der Waals surface area contributed by atoms with Crippen molar-refractivity contribution in [3.8, 4) is 0 Å². The van der Waals surface area contributed by atoms with E-state index in [1.807, 2.05) is 20.2 Å². The van der Waals surface area contributed by atoms with Crippen molar-refractivity contribution in [2.45, 2.75) is 26.2 Å². The average molecular weight is 259 g/mol. The number of nitrogens with zero attached hydrogens (tertiary/aromatic N) is 1. The minimum absolute atomic E-state index is 0.0718. The molecule has 1 aromatic carbocycles. The molecule has 0 aliphatic heterocycles. The van der Waals surface area contributed by atoms with E-state index < -0.39 is 0 Å². The van der Waals surface area contributed by atoms with Crippen molar-refractivity contribution in [1.82, 2.24) is 15.4 Å². The predicted octanol–water partition coefficient (Wildman–Crippen LogP) is 2.39. The molecule has 1 amide bonds. The second-order valence-corrected chi connectivity index (χ2v) is 5.06. The Hall–Kier alpha value is -1.81. The van der Waals surface area contributed by atoms with Crippen LogP contribution in [-0.2, 0) is 11.2 Å². The molecule has 1 heterocycles. The molecule has 2 aromatic rings. The lowest BCUT2D eigenvalue weighted by atomic mass is 10.0. The van der Waals surface area contributed by atoms with Crippen LogP contribution in [0.2, 0.25) is 0 Å². The molecule has 4 heteroatoms. The van der Waals surface area contributed by atoms with E-state index in [1.54, 1.807) is 5.01 Å². The van der Waals surface area contributed by atoms with Crippen molar-refractivity contribution in [3.05, 3.63) is 35.5 Å². The van der Waals surface area contributed by atoms with Gasteiger partial charge in [0.05, 0.1) is 0 Å². The molecule has 2 rings (SSSR count). The van der Waals surface area contributed by atoms with Crippen LogP contribution in [-0.4, -0.2) is 30.0 Å². The van der Waals surface area contributed by atoms with E-state index in [2.05, 4.69) is 35.5 Å². The highest BCUT2D eigenvalue weighted by Crippen LogP contribution is 2.23.